The van der Waals surface area contributed by atoms with E-state index in [1.54, 1.807) is 0 Å². The second kappa shape index (κ2) is 13.8. The van der Waals surface area contributed by atoms with Crippen molar-refractivity contribution < 1.29 is 10.0 Å². The molecule has 8 heteroatoms. The van der Waals surface area contributed by atoms with Crippen LogP contribution < -0.4 is 4.90 Å². The maximum Gasteiger partial charge on any atom is 0.271 e. The molecule has 0 amide bonds. The molecule has 0 bridgehead atoms. The molecular weight excluding hydrogens is 428 g/mol. The fourth-order valence-electron chi connectivity index (χ4n) is 3.46. The fraction of sp³-hybridized carbons (Fsp3) is 0.500. The summed E-state index contributed by atoms with van der Waals surface area (Å²) in [6, 6.07) is 11.7. The van der Waals surface area contributed by atoms with Crippen molar-refractivity contribution in [1.29, 1.82) is 0 Å². The summed E-state index contributed by atoms with van der Waals surface area (Å²) < 4.78 is 0. The Labute approximate surface area is 195 Å². The van der Waals surface area contributed by atoms with Gasteiger partial charge in [-0.05, 0) is 43.7 Å². The number of anilines is 1. The van der Waals surface area contributed by atoms with E-state index in [2.05, 4.69) is 29.0 Å². The lowest BCUT2D eigenvalue weighted by molar-refractivity contribution is -0.384. The number of halogens is 1. The predicted octanol–water partition coefficient (Wildman–Crippen LogP) is 7.60. The Morgan fingerprint density at radius 3 is 2.34 bits per heavy atom. The highest BCUT2D eigenvalue weighted by atomic mass is 35.5. The molecule has 0 saturated carbocycles. The molecule has 0 radical (unpaired) electrons. The number of likely N-dealkylation sites (N-methyl/N-ethyl adjacent to an activating group) is 1. The van der Waals surface area contributed by atoms with Crippen molar-refractivity contribution in [1.82, 2.24) is 0 Å². The number of rotatable bonds is 14. The lowest BCUT2D eigenvalue weighted by Gasteiger charge is -2.26. The smallest absolute Gasteiger partial charge is 0.271 e. The molecule has 32 heavy (non-hydrogen) atoms. The van der Waals surface area contributed by atoms with E-state index >= 15 is 0 Å². The molecule has 0 aliphatic heterocycles. The van der Waals surface area contributed by atoms with Gasteiger partial charge in [0.05, 0.1) is 21.7 Å². The van der Waals surface area contributed by atoms with Gasteiger partial charge in [0, 0.05) is 30.9 Å². The van der Waals surface area contributed by atoms with E-state index < -0.39 is 4.92 Å². The van der Waals surface area contributed by atoms with E-state index in [0.29, 0.717) is 17.9 Å². The van der Waals surface area contributed by atoms with Crippen LogP contribution in [0.15, 0.2) is 52.7 Å². The van der Waals surface area contributed by atoms with Gasteiger partial charge in [-0.3, -0.25) is 10.1 Å². The van der Waals surface area contributed by atoms with Crippen LogP contribution in [0.3, 0.4) is 0 Å². The van der Waals surface area contributed by atoms with Crippen molar-refractivity contribution in [3.05, 3.63) is 57.6 Å². The molecule has 0 heterocycles. The van der Waals surface area contributed by atoms with Gasteiger partial charge in [-0.15, -0.1) is 5.11 Å². The minimum atomic E-state index is -0.504. The van der Waals surface area contributed by atoms with Crippen molar-refractivity contribution in [2.75, 3.05) is 18.0 Å². The fourth-order valence-corrected chi connectivity index (χ4v) is 3.67. The first-order valence-electron chi connectivity index (χ1n) is 11.3. The number of non-ortho nitro benzene ring substituents is 1. The molecule has 7 nitrogen and oxygen atoms in total. The molecule has 0 saturated heterocycles. The van der Waals surface area contributed by atoms with Crippen LogP contribution in [0, 0.1) is 10.1 Å². The average molecular weight is 461 g/mol. The number of benzene rings is 2. The third-order valence-electron chi connectivity index (χ3n) is 5.33. The second-order valence-electron chi connectivity index (χ2n) is 7.86. The highest BCUT2D eigenvalue weighted by Gasteiger charge is 2.12. The zero-order valence-electron chi connectivity index (χ0n) is 18.9. The van der Waals surface area contributed by atoms with Crippen LogP contribution in [0.1, 0.15) is 58.8 Å². The van der Waals surface area contributed by atoms with Crippen molar-refractivity contribution in [2.45, 2.75) is 64.9 Å². The summed E-state index contributed by atoms with van der Waals surface area (Å²) in [6.07, 6.45) is 7.80. The third-order valence-corrected chi connectivity index (χ3v) is 5.64. The number of unbranched alkanes of at least 4 members (excludes halogenated alkanes) is 5. The Morgan fingerprint density at radius 2 is 1.72 bits per heavy atom. The molecule has 0 aliphatic carbocycles. The van der Waals surface area contributed by atoms with Crippen LogP contribution in [0.5, 0.6) is 0 Å². The standard InChI is InChI=1S/C24H33ClN4O3/c1-3-5-6-7-8-9-10-22(30)18-28(4-2)20-13-11-19(12-14-20)26-27-24-16-15-21(29(31)32)17-23(24)25/h11-17,22,30H,3-10,18H2,1-2H3/b27-26+. The Morgan fingerprint density at radius 1 is 1.03 bits per heavy atom. The molecule has 2 rings (SSSR count). The number of aliphatic hydroxyl groups excluding tert-OH is 1. The SMILES string of the molecule is CCCCCCCCC(O)CN(CC)c1ccc(/N=N/c2ccc([N+](=O)[O-])cc2Cl)cc1. The minimum absolute atomic E-state index is 0.0864. The molecule has 174 valence electrons. The number of hydrogen-bond acceptors (Lipinski definition) is 6. The summed E-state index contributed by atoms with van der Waals surface area (Å²) >= 11 is 6.05. The zero-order chi connectivity index (χ0) is 23.3. The van der Waals surface area contributed by atoms with E-state index in [0.717, 1.165) is 25.1 Å². The Kier molecular flexibility index (Phi) is 11.1. The van der Waals surface area contributed by atoms with Crippen LogP contribution in [-0.4, -0.2) is 29.2 Å². The Hall–Kier alpha value is -2.51. The summed E-state index contributed by atoms with van der Waals surface area (Å²) in [7, 11) is 0. The van der Waals surface area contributed by atoms with E-state index in [9.17, 15) is 15.2 Å². The van der Waals surface area contributed by atoms with Gasteiger partial charge in [0.2, 0.25) is 0 Å². The van der Waals surface area contributed by atoms with Gasteiger partial charge < -0.3 is 10.0 Å². The largest absolute Gasteiger partial charge is 0.391 e. The van der Waals surface area contributed by atoms with Gasteiger partial charge in [0.15, 0.2) is 0 Å². The summed E-state index contributed by atoms with van der Waals surface area (Å²) in [5.74, 6) is 0. The molecule has 0 aliphatic rings. The van der Waals surface area contributed by atoms with Gasteiger partial charge in [-0.2, -0.15) is 5.11 Å². The van der Waals surface area contributed by atoms with Crippen molar-refractivity contribution in [2.24, 2.45) is 10.2 Å². The van der Waals surface area contributed by atoms with Gasteiger partial charge in [-0.25, -0.2) is 0 Å². The first kappa shape index (κ1) is 25.7. The predicted molar refractivity (Wildman–Crippen MR) is 131 cm³/mol. The van der Waals surface area contributed by atoms with Crippen LogP contribution >= 0.6 is 11.6 Å². The van der Waals surface area contributed by atoms with Crippen molar-refractivity contribution >= 4 is 34.4 Å². The molecule has 0 spiro atoms. The normalized spacial score (nSPS) is 12.2. The molecule has 1 atom stereocenters. The van der Waals surface area contributed by atoms with E-state index in [4.69, 9.17) is 11.6 Å². The van der Waals surface area contributed by atoms with Crippen molar-refractivity contribution in [3.8, 4) is 0 Å². The first-order chi connectivity index (χ1) is 15.4. The summed E-state index contributed by atoms with van der Waals surface area (Å²) in [4.78, 5) is 12.4. The molecule has 0 aromatic heterocycles. The van der Waals surface area contributed by atoms with E-state index in [-0.39, 0.29) is 16.8 Å². The average Bonchev–Trinajstić information content (AvgIpc) is 2.79. The Balaban J connectivity index is 1.89. The summed E-state index contributed by atoms with van der Waals surface area (Å²) in [5.41, 5.74) is 1.94. The maximum absolute atomic E-state index is 10.8. The van der Waals surface area contributed by atoms with Crippen LogP contribution in [0.25, 0.3) is 0 Å². The highest BCUT2D eigenvalue weighted by Crippen LogP contribution is 2.30. The second-order valence-corrected chi connectivity index (χ2v) is 8.27. The van der Waals surface area contributed by atoms with Gasteiger partial charge >= 0.3 is 0 Å². The summed E-state index contributed by atoms with van der Waals surface area (Å²) in [5, 5.41) is 29.7. The molecule has 2 aromatic rings. The first-order valence-corrected chi connectivity index (χ1v) is 11.7. The monoisotopic (exact) mass is 460 g/mol. The lowest BCUT2D eigenvalue weighted by atomic mass is 10.1. The van der Waals surface area contributed by atoms with Crippen LogP contribution in [0.4, 0.5) is 22.7 Å². The van der Waals surface area contributed by atoms with E-state index in [1.165, 1.54) is 50.3 Å². The molecule has 1 unspecified atom stereocenters. The maximum atomic E-state index is 10.8. The quantitative estimate of drug-likeness (QED) is 0.136. The van der Waals surface area contributed by atoms with Crippen LogP contribution in [0.2, 0.25) is 5.02 Å². The number of hydrogen-bond donors (Lipinski definition) is 1. The number of aliphatic hydroxyl groups is 1. The molecule has 1 N–H and O–H groups in total. The van der Waals surface area contributed by atoms with Gasteiger partial charge in [-0.1, -0.05) is 57.0 Å². The summed E-state index contributed by atoms with van der Waals surface area (Å²) in [6.45, 7) is 5.69. The molecule has 2 aromatic carbocycles. The molecular formula is C24H33ClN4O3. The van der Waals surface area contributed by atoms with E-state index in [1.807, 2.05) is 24.3 Å². The number of nitro groups is 1. The highest BCUT2D eigenvalue weighted by molar-refractivity contribution is 6.33. The number of azo groups is 1. The minimum Gasteiger partial charge on any atom is -0.391 e. The third kappa shape index (κ3) is 8.55. The van der Waals surface area contributed by atoms with Gasteiger partial charge in [0.1, 0.15) is 5.69 Å². The van der Waals surface area contributed by atoms with Gasteiger partial charge in [0.25, 0.3) is 5.69 Å². The topological polar surface area (TPSA) is 91.3 Å². The zero-order valence-corrected chi connectivity index (χ0v) is 19.7. The Bertz CT molecular complexity index is 874. The lowest BCUT2D eigenvalue weighted by Crippen LogP contribution is -2.32. The number of nitro benzene ring substituents is 1. The number of nitrogens with zero attached hydrogens (tertiary/aromatic N) is 4. The van der Waals surface area contributed by atoms with Crippen molar-refractivity contribution in [3.63, 3.8) is 0 Å². The van der Waals surface area contributed by atoms with Crippen LogP contribution in [-0.2, 0) is 0 Å². The molecule has 0 fully saturated rings.